The van der Waals surface area contributed by atoms with Gasteiger partial charge in [-0.2, -0.15) is 0 Å². The molecule has 0 radical (unpaired) electrons. The molecule has 0 aromatic rings. The lowest BCUT2D eigenvalue weighted by atomic mass is 10.2. The maximum atomic E-state index is 11.4. The summed E-state index contributed by atoms with van der Waals surface area (Å²) in [4.78, 5) is 13.2. The van der Waals surface area contributed by atoms with Crippen LogP contribution < -0.4 is 5.73 Å². The average molecular weight is 186 g/mol. The molecule has 1 heterocycles. The smallest absolute Gasteiger partial charge is 0.224 e. The zero-order valence-corrected chi connectivity index (χ0v) is 8.32. The maximum absolute atomic E-state index is 11.4. The van der Waals surface area contributed by atoms with Gasteiger partial charge in [0.2, 0.25) is 5.91 Å². The lowest BCUT2D eigenvalue weighted by molar-refractivity contribution is -0.129. The fourth-order valence-electron chi connectivity index (χ4n) is 1.63. The largest absolute Gasteiger partial charge is 0.385 e. The van der Waals surface area contributed by atoms with Crippen molar-refractivity contribution in [3.8, 4) is 0 Å². The van der Waals surface area contributed by atoms with Crippen molar-refractivity contribution in [3.63, 3.8) is 0 Å². The second kappa shape index (κ2) is 4.58. The van der Waals surface area contributed by atoms with Crippen molar-refractivity contribution in [2.45, 2.75) is 31.8 Å². The minimum Gasteiger partial charge on any atom is -0.385 e. The number of amides is 1. The molecule has 76 valence electrons. The van der Waals surface area contributed by atoms with E-state index in [1.165, 1.54) is 0 Å². The Morgan fingerprint density at radius 3 is 2.92 bits per heavy atom. The van der Waals surface area contributed by atoms with Crippen LogP contribution in [-0.2, 0) is 9.53 Å². The van der Waals surface area contributed by atoms with Gasteiger partial charge in [0.15, 0.2) is 0 Å². The Morgan fingerprint density at radius 2 is 2.46 bits per heavy atom. The monoisotopic (exact) mass is 186 g/mol. The summed E-state index contributed by atoms with van der Waals surface area (Å²) in [6.45, 7) is 3.43. The SMILES string of the molecule is COCCC(C)N1CC(N)CC1=O. The number of hydrogen-bond acceptors (Lipinski definition) is 3. The van der Waals surface area contributed by atoms with Crippen LogP contribution in [0.1, 0.15) is 19.8 Å². The predicted molar refractivity (Wildman–Crippen MR) is 50.3 cm³/mol. The summed E-state index contributed by atoms with van der Waals surface area (Å²) in [7, 11) is 1.67. The Kier molecular flexibility index (Phi) is 3.69. The Morgan fingerprint density at radius 1 is 1.77 bits per heavy atom. The maximum Gasteiger partial charge on any atom is 0.224 e. The molecule has 0 aromatic heterocycles. The molecule has 1 saturated heterocycles. The molecule has 1 amide bonds. The number of carbonyl (C=O) groups is 1. The standard InChI is InChI=1S/C9H18N2O2/c1-7(3-4-13-2)11-6-8(10)5-9(11)12/h7-8H,3-6,10H2,1-2H3. The van der Waals surface area contributed by atoms with E-state index in [2.05, 4.69) is 0 Å². The third-order valence-corrected chi connectivity index (χ3v) is 2.46. The lowest BCUT2D eigenvalue weighted by Gasteiger charge is -2.24. The summed E-state index contributed by atoms with van der Waals surface area (Å²) in [5.74, 6) is 0.177. The van der Waals surface area contributed by atoms with Gasteiger partial charge in [0.25, 0.3) is 0 Å². The highest BCUT2D eigenvalue weighted by atomic mass is 16.5. The van der Waals surface area contributed by atoms with Crippen LogP contribution in [0.15, 0.2) is 0 Å². The van der Waals surface area contributed by atoms with E-state index in [1.807, 2.05) is 11.8 Å². The summed E-state index contributed by atoms with van der Waals surface area (Å²) < 4.78 is 4.96. The summed E-state index contributed by atoms with van der Waals surface area (Å²) in [6.07, 6.45) is 1.38. The van der Waals surface area contributed by atoms with Gasteiger partial charge >= 0.3 is 0 Å². The highest BCUT2D eigenvalue weighted by molar-refractivity contribution is 5.79. The van der Waals surface area contributed by atoms with Gasteiger partial charge in [-0.25, -0.2) is 0 Å². The van der Waals surface area contributed by atoms with Crippen molar-refractivity contribution < 1.29 is 9.53 Å². The second-order valence-corrected chi connectivity index (χ2v) is 3.64. The Labute approximate surface area is 79.0 Å². The number of nitrogens with two attached hydrogens (primary N) is 1. The normalized spacial score (nSPS) is 25.3. The zero-order chi connectivity index (χ0) is 9.84. The molecule has 2 N–H and O–H groups in total. The van der Waals surface area contributed by atoms with Crippen molar-refractivity contribution >= 4 is 5.91 Å². The molecule has 1 aliphatic rings. The third-order valence-electron chi connectivity index (χ3n) is 2.46. The molecule has 13 heavy (non-hydrogen) atoms. The zero-order valence-electron chi connectivity index (χ0n) is 8.32. The van der Waals surface area contributed by atoms with E-state index in [1.54, 1.807) is 7.11 Å². The highest BCUT2D eigenvalue weighted by Crippen LogP contribution is 2.14. The number of rotatable bonds is 4. The van der Waals surface area contributed by atoms with Crippen LogP contribution in [0.3, 0.4) is 0 Å². The van der Waals surface area contributed by atoms with Crippen LogP contribution in [0.5, 0.6) is 0 Å². The molecule has 1 rings (SSSR count). The predicted octanol–water partition coefficient (Wildman–Crippen LogP) is -0.0290. The van der Waals surface area contributed by atoms with E-state index < -0.39 is 0 Å². The fourth-order valence-corrected chi connectivity index (χ4v) is 1.63. The van der Waals surface area contributed by atoms with Gasteiger partial charge in [0, 0.05) is 38.8 Å². The van der Waals surface area contributed by atoms with Gasteiger partial charge in [0.05, 0.1) is 0 Å². The van der Waals surface area contributed by atoms with Crippen molar-refractivity contribution in [1.82, 2.24) is 4.90 Å². The van der Waals surface area contributed by atoms with Gasteiger partial charge in [-0.1, -0.05) is 0 Å². The summed E-state index contributed by atoms with van der Waals surface area (Å²) in [5, 5.41) is 0. The summed E-state index contributed by atoms with van der Waals surface area (Å²) in [6, 6.07) is 0.276. The van der Waals surface area contributed by atoms with Crippen molar-refractivity contribution in [2.24, 2.45) is 5.73 Å². The van der Waals surface area contributed by atoms with Crippen molar-refractivity contribution in [3.05, 3.63) is 0 Å². The molecule has 1 aliphatic heterocycles. The Hall–Kier alpha value is -0.610. The molecule has 2 unspecified atom stereocenters. The minimum absolute atomic E-state index is 0.0255. The van der Waals surface area contributed by atoms with E-state index in [-0.39, 0.29) is 18.0 Å². The van der Waals surface area contributed by atoms with Gasteiger partial charge in [0.1, 0.15) is 0 Å². The molecule has 2 atom stereocenters. The molecule has 4 nitrogen and oxygen atoms in total. The molecule has 0 saturated carbocycles. The number of carbonyl (C=O) groups excluding carboxylic acids is 1. The number of hydrogen-bond donors (Lipinski definition) is 1. The first-order valence-corrected chi connectivity index (χ1v) is 4.69. The van der Waals surface area contributed by atoms with Crippen LogP contribution in [0, 0.1) is 0 Å². The van der Waals surface area contributed by atoms with Gasteiger partial charge < -0.3 is 15.4 Å². The quantitative estimate of drug-likeness (QED) is 0.671. The third kappa shape index (κ3) is 2.67. The van der Waals surface area contributed by atoms with Gasteiger partial charge in [-0.15, -0.1) is 0 Å². The Bertz CT molecular complexity index is 184. The van der Waals surface area contributed by atoms with E-state index in [0.717, 1.165) is 6.42 Å². The van der Waals surface area contributed by atoms with Crippen LogP contribution >= 0.6 is 0 Å². The van der Waals surface area contributed by atoms with E-state index in [0.29, 0.717) is 19.6 Å². The molecule has 0 aromatic carbocycles. The number of nitrogens with zero attached hydrogens (tertiary/aromatic N) is 1. The molecular weight excluding hydrogens is 168 g/mol. The minimum atomic E-state index is 0.0255. The molecule has 1 fully saturated rings. The van der Waals surface area contributed by atoms with Crippen molar-refractivity contribution in [1.29, 1.82) is 0 Å². The number of methoxy groups -OCH3 is 1. The molecule has 0 spiro atoms. The molecular formula is C9H18N2O2. The van der Waals surface area contributed by atoms with E-state index in [9.17, 15) is 4.79 Å². The first kappa shape index (κ1) is 10.5. The second-order valence-electron chi connectivity index (χ2n) is 3.64. The van der Waals surface area contributed by atoms with Gasteiger partial charge in [-0.3, -0.25) is 4.79 Å². The Balaban J connectivity index is 2.38. The average Bonchev–Trinajstić information content (AvgIpc) is 2.41. The summed E-state index contributed by atoms with van der Waals surface area (Å²) in [5.41, 5.74) is 5.69. The molecule has 4 heteroatoms. The van der Waals surface area contributed by atoms with Crippen molar-refractivity contribution in [2.75, 3.05) is 20.3 Å². The first-order chi connectivity index (χ1) is 6.15. The lowest BCUT2D eigenvalue weighted by Crippen LogP contribution is -2.36. The van der Waals surface area contributed by atoms with Crippen LogP contribution in [0.4, 0.5) is 0 Å². The van der Waals surface area contributed by atoms with Crippen LogP contribution in [-0.4, -0.2) is 43.2 Å². The van der Waals surface area contributed by atoms with E-state index in [4.69, 9.17) is 10.5 Å². The number of ether oxygens (including phenoxy) is 1. The summed E-state index contributed by atoms with van der Waals surface area (Å²) >= 11 is 0. The highest BCUT2D eigenvalue weighted by Gasteiger charge is 2.29. The van der Waals surface area contributed by atoms with Crippen LogP contribution in [0.25, 0.3) is 0 Å². The molecule has 0 bridgehead atoms. The number of likely N-dealkylation sites (tertiary alicyclic amines) is 1. The van der Waals surface area contributed by atoms with Crippen LogP contribution in [0.2, 0.25) is 0 Å². The first-order valence-electron chi connectivity index (χ1n) is 4.69. The van der Waals surface area contributed by atoms with Gasteiger partial charge in [-0.05, 0) is 13.3 Å². The molecule has 0 aliphatic carbocycles. The van der Waals surface area contributed by atoms with E-state index >= 15 is 0 Å². The fraction of sp³-hybridized carbons (Fsp3) is 0.889. The topological polar surface area (TPSA) is 55.6 Å².